The van der Waals surface area contributed by atoms with Crippen LogP contribution in [0.2, 0.25) is 0 Å². The average molecular weight is 480 g/mol. The zero-order valence-electron chi connectivity index (χ0n) is 20.6. The number of anilines is 1. The Balaban J connectivity index is 1.67. The highest BCUT2D eigenvalue weighted by molar-refractivity contribution is 6.46. The third-order valence-corrected chi connectivity index (χ3v) is 6.61. The molecule has 2 aliphatic rings. The number of benzene rings is 2. The van der Waals surface area contributed by atoms with Crippen LogP contribution in [0.3, 0.4) is 0 Å². The topological polar surface area (TPSA) is 82.5 Å². The number of aliphatic hydroxyl groups excluding tert-OH is 1. The monoisotopic (exact) mass is 479 g/mol. The number of hydrogen-bond acceptors (Lipinski definition) is 7. The highest BCUT2D eigenvalue weighted by Crippen LogP contribution is 2.40. The Morgan fingerprint density at radius 3 is 2.29 bits per heavy atom. The van der Waals surface area contributed by atoms with Gasteiger partial charge in [-0.15, -0.1) is 0 Å². The van der Waals surface area contributed by atoms with Gasteiger partial charge in [-0.1, -0.05) is 12.1 Å². The number of likely N-dealkylation sites (tertiary alicyclic amines) is 1. The Labute approximate surface area is 206 Å². The van der Waals surface area contributed by atoms with Crippen molar-refractivity contribution in [3.8, 4) is 5.75 Å². The summed E-state index contributed by atoms with van der Waals surface area (Å²) in [6, 6.07) is 13.9. The van der Waals surface area contributed by atoms with Crippen molar-refractivity contribution in [2.75, 3.05) is 65.5 Å². The molecule has 2 heterocycles. The van der Waals surface area contributed by atoms with Crippen LogP contribution in [0.15, 0.2) is 54.1 Å². The second-order valence-electron chi connectivity index (χ2n) is 9.01. The predicted molar refractivity (Wildman–Crippen MR) is 135 cm³/mol. The minimum absolute atomic E-state index is 0.115. The summed E-state index contributed by atoms with van der Waals surface area (Å²) < 4.78 is 10.6. The molecule has 0 bridgehead atoms. The molecule has 1 amide bonds. The summed E-state index contributed by atoms with van der Waals surface area (Å²) in [6.07, 6.45) is 0.724. The standard InChI is InChI=1S/C27H33N3O5/c1-28(2)21-9-5-19(6-10-21)24-23(25(31)20-7-11-22(34-3)12-8-20)26(32)27(33)30(24)14-4-13-29-15-17-35-18-16-29/h5-12,24,31H,4,13-18H2,1-3H3/b25-23+/t24-/m1/s1. The van der Waals surface area contributed by atoms with Crippen molar-refractivity contribution < 1.29 is 24.2 Å². The molecule has 8 nitrogen and oxygen atoms in total. The maximum atomic E-state index is 13.2. The van der Waals surface area contributed by atoms with Crippen LogP contribution in [-0.4, -0.2) is 87.2 Å². The van der Waals surface area contributed by atoms with Gasteiger partial charge in [0.15, 0.2) is 0 Å². The molecule has 0 aliphatic carbocycles. The van der Waals surface area contributed by atoms with E-state index < -0.39 is 17.7 Å². The molecule has 2 fully saturated rings. The van der Waals surface area contributed by atoms with Gasteiger partial charge in [-0.3, -0.25) is 14.5 Å². The van der Waals surface area contributed by atoms with E-state index in [-0.39, 0.29) is 11.3 Å². The predicted octanol–water partition coefficient (Wildman–Crippen LogP) is 2.91. The molecular formula is C27H33N3O5. The fourth-order valence-corrected chi connectivity index (χ4v) is 4.61. The first-order valence-corrected chi connectivity index (χ1v) is 11.9. The zero-order valence-corrected chi connectivity index (χ0v) is 20.6. The SMILES string of the molecule is COc1ccc(/C(O)=C2\C(=O)C(=O)N(CCCN3CCOCC3)[C@@H]2c2ccc(N(C)C)cc2)cc1. The lowest BCUT2D eigenvalue weighted by Gasteiger charge is -2.29. The number of amides is 1. The highest BCUT2D eigenvalue weighted by atomic mass is 16.5. The van der Waals surface area contributed by atoms with E-state index in [0.29, 0.717) is 31.1 Å². The number of rotatable bonds is 8. The van der Waals surface area contributed by atoms with Gasteiger partial charge in [0.25, 0.3) is 11.7 Å². The van der Waals surface area contributed by atoms with Gasteiger partial charge >= 0.3 is 0 Å². The molecule has 186 valence electrons. The molecule has 0 aromatic heterocycles. The van der Waals surface area contributed by atoms with Gasteiger partial charge in [-0.25, -0.2) is 0 Å². The number of ketones is 1. The van der Waals surface area contributed by atoms with Crippen molar-refractivity contribution in [3.63, 3.8) is 0 Å². The molecule has 2 saturated heterocycles. The van der Waals surface area contributed by atoms with Crippen LogP contribution in [0.5, 0.6) is 5.75 Å². The molecule has 4 rings (SSSR count). The Morgan fingerprint density at radius 1 is 1.03 bits per heavy atom. The first-order chi connectivity index (χ1) is 16.9. The van der Waals surface area contributed by atoms with Gasteiger partial charge in [0, 0.05) is 51.5 Å². The van der Waals surface area contributed by atoms with Crippen molar-refractivity contribution in [3.05, 3.63) is 65.2 Å². The maximum absolute atomic E-state index is 13.2. The van der Waals surface area contributed by atoms with E-state index in [2.05, 4.69) is 4.90 Å². The van der Waals surface area contributed by atoms with Crippen LogP contribution in [-0.2, 0) is 14.3 Å². The first-order valence-electron chi connectivity index (χ1n) is 11.9. The molecule has 0 saturated carbocycles. The first kappa shape index (κ1) is 24.8. The highest BCUT2D eigenvalue weighted by Gasteiger charge is 2.45. The van der Waals surface area contributed by atoms with Crippen molar-refractivity contribution in [1.29, 1.82) is 0 Å². The maximum Gasteiger partial charge on any atom is 0.295 e. The second kappa shape index (κ2) is 10.9. The summed E-state index contributed by atoms with van der Waals surface area (Å²) in [7, 11) is 5.47. The lowest BCUT2D eigenvalue weighted by atomic mass is 9.95. The normalized spacial score (nSPS) is 20.3. The van der Waals surface area contributed by atoms with Crippen LogP contribution in [0, 0.1) is 0 Å². The number of hydrogen-bond donors (Lipinski definition) is 1. The molecule has 1 atom stereocenters. The zero-order chi connectivity index (χ0) is 24.9. The summed E-state index contributed by atoms with van der Waals surface area (Å²) in [5, 5.41) is 11.2. The number of carbonyl (C=O) groups excluding carboxylic acids is 2. The number of carbonyl (C=O) groups is 2. The third-order valence-electron chi connectivity index (χ3n) is 6.61. The molecule has 2 aliphatic heterocycles. The Kier molecular flexibility index (Phi) is 7.73. The van der Waals surface area contributed by atoms with E-state index in [9.17, 15) is 14.7 Å². The minimum Gasteiger partial charge on any atom is -0.507 e. The summed E-state index contributed by atoms with van der Waals surface area (Å²) in [4.78, 5) is 32.3. The van der Waals surface area contributed by atoms with Crippen molar-refractivity contribution in [2.24, 2.45) is 0 Å². The lowest BCUT2D eigenvalue weighted by Crippen LogP contribution is -2.38. The fourth-order valence-electron chi connectivity index (χ4n) is 4.61. The molecule has 0 spiro atoms. The molecule has 2 aromatic rings. The Bertz CT molecular complexity index is 1070. The van der Waals surface area contributed by atoms with Gasteiger partial charge in [-0.2, -0.15) is 0 Å². The van der Waals surface area contributed by atoms with Crippen molar-refractivity contribution in [2.45, 2.75) is 12.5 Å². The van der Waals surface area contributed by atoms with Crippen LogP contribution in [0.25, 0.3) is 5.76 Å². The van der Waals surface area contributed by atoms with Gasteiger partial charge in [0.05, 0.1) is 31.9 Å². The quantitative estimate of drug-likeness (QED) is 0.354. The number of Topliss-reactive ketones (excluding diaryl/α,β-unsaturated/α-hetero) is 1. The summed E-state index contributed by atoms with van der Waals surface area (Å²) >= 11 is 0. The van der Waals surface area contributed by atoms with E-state index in [4.69, 9.17) is 9.47 Å². The van der Waals surface area contributed by atoms with Crippen molar-refractivity contribution in [1.82, 2.24) is 9.80 Å². The van der Waals surface area contributed by atoms with Crippen LogP contribution in [0.4, 0.5) is 5.69 Å². The van der Waals surface area contributed by atoms with E-state index in [1.54, 1.807) is 36.3 Å². The molecule has 35 heavy (non-hydrogen) atoms. The number of ether oxygens (including phenoxy) is 2. The van der Waals surface area contributed by atoms with Crippen molar-refractivity contribution >= 4 is 23.1 Å². The van der Waals surface area contributed by atoms with E-state index in [1.807, 2.05) is 43.3 Å². The van der Waals surface area contributed by atoms with Crippen LogP contribution >= 0.6 is 0 Å². The molecular weight excluding hydrogens is 446 g/mol. The van der Waals surface area contributed by atoms with Gasteiger partial charge < -0.3 is 24.4 Å². The van der Waals surface area contributed by atoms with E-state index in [0.717, 1.165) is 37.3 Å². The van der Waals surface area contributed by atoms with Crippen LogP contribution < -0.4 is 9.64 Å². The molecule has 0 radical (unpaired) electrons. The third kappa shape index (κ3) is 5.33. The fraction of sp³-hybridized carbons (Fsp3) is 0.407. The van der Waals surface area contributed by atoms with Gasteiger partial charge in [0.1, 0.15) is 11.5 Å². The van der Waals surface area contributed by atoms with E-state index >= 15 is 0 Å². The number of morpholine rings is 1. The number of nitrogens with zero attached hydrogens (tertiary/aromatic N) is 3. The largest absolute Gasteiger partial charge is 0.507 e. The Morgan fingerprint density at radius 2 is 1.69 bits per heavy atom. The lowest BCUT2D eigenvalue weighted by molar-refractivity contribution is -0.140. The summed E-state index contributed by atoms with van der Waals surface area (Å²) in [5.41, 5.74) is 2.38. The second-order valence-corrected chi connectivity index (χ2v) is 9.01. The van der Waals surface area contributed by atoms with Crippen LogP contribution in [0.1, 0.15) is 23.6 Å². The van der Waals surface area contributed by atoms with Gasteiger partial charge in [-0.05, 0) is 48.4 Å². The molecule has 2 aromatic carbocycles. The number of aliphatic hydroxyl groups is 1. The Hall–Kier alpha value is -3.36. The molecule has 8 heteroatoms. The smallest absolute Gasteiger partial charge is 0.295 e. The summed E-state index contributed by atoms with van der Waals surface area (Å²) in [5.74, 6) is -0.778. The van der Waals surface area contributed by atoms with E-state index in [1.165, 1.54) is 0 Å². The van der Waals surface area contributed by atoms with Gasteiger partial charge in [0.2, 0.25) is 0 Å². The average Bonchev–Trinajstić information content (AvgIpc) is 3.14. The molecule has 0 unspecified atom stereocenters. The number of methoxy groups -OCH3 is 1. The molecule has 1 N–H and O–H groups in total. The minimum atomic E-state index is -0.661. The summed E-state index contributed by atoms with van der Waals surface area (Å²) in [6.45, 7) is 4.39.